The molecule has 0 bridgehead atoms. The van der Waals surface area contributed by atoms with Crippen molar-refractivity contribution in [2.24, 2.45) is 5.16 Å². The molecule has 34 heavy (non-hydrogen) atoms. The second-order valence-electron chi connectivity index (χ2n) is 8.24. The van der Waals surface area contributed by atoms with E-state index in [4.69, 9.17) is 9.36 Å². The monoisotopic (exact) mass is 474 g/mol. The van der Waals surface area contributed by atoms with Gasteiger partial charge in [-0.3, -0.25) is 0 Å². The van der Waals surface area contributed by atoms with E-state index < -0.39 is 0 Å². The summed E-state index contributed by atoms with van der Waals surface area (Å²) >= 11 is 0. The first-order valence-electron chi connectivity index (χ1n) is 11.2. The van der Waals surface area contributed by atoms with Gasteiger partial charge in [-0.25, -0.2) is 0 Å². The zero-order valence-electron chi connectivity index (χ0n) is 19.0. The third-order valence-electron chi connectivity index (χ3n) is 5.91. The van der Waals surface area contributed by atoms with Gasteiger partial charge in [-0.2, -0.15) is 4.98 Å². The van der Waals surface area contributed by atoms with Crippen molar-refractivity contribution in [3.8, 4) is 22.5 Å². The van der Waals surface area contributed by atoms with Crippen molar-refractivity contribution >= 4 is 18.1 Å². The molecule has 1 N–H and O–H groups in total. The van der Waals surface area contributed by atoms with E-state index in [1.54, 1.807) is 0 Å². The Morgan fingerprint density at radius 1 is 0.971 bits per heavy atom. The van der Waals surface area contributed by atoms with Gasteiger partial charge >= 0.3 is 0 Å². The van der Waals surface area contributed by atoms with E-state index in [0.29, 0.717) is 24.2 Å². The van der Waals surface area contributed by atoms with Crippen LogP contribution in [-0.4, -0.2) is 28.9 Å². The maximum Gasteiger partial charge on any atom is 0.231 e. The zero-order valence-corrected chi connectivity index (χ0v) is 19.8. The average molecular weight is 475 g/mol. The molecular formula is C27H27ClN4O2. The lowest BCUT2D eigenvalue weighted by molar-refractivity contribution is 0.130. The SMILES string of the molecule is CC(=NOCc1ccc(-c2ccccc2)cc1)c1ccc(-c2noc([C@@H]3CCNC3)n2)cc1.Cl. The topological polar surface area (TPSA) is 72.5 Å². The number of rotatable bonds is 7. The summed E-state index contributed by atoms with van der Waals surface area (Å²) < 4.78 is 5.46. The minimum Gasteiger partial charge on any atom is -0.391 e. The highest BCUT2D eigenvalue weighted by molar-refractivity contribution is 5.98. The second kappa shape index (κ2) is 11.1. The Kier molecular flexibility index (Phi) is 7.72. The molecule has 0 aliphatic carbocycles. The number of nitrogens with zero attached hydrogens (tertiary/aromatic N) is 3. The van der Waals surface area contributed by atoms with Crippen LogP contribution in [0.4, 0.5) is 0 Å². The molecule has 1 aliphatic heterocycles. The number of aromatic nitrogens is 2. The minimum atomic E-state index is 0. The van der Waals surface area contributed by atoms with E-state index in [9.17, 15) is 0 Å². The summed E-state index contributed by atoms with van der Waals surface area (Å²) in [5.74, 6) is 1.64. The molecule has 1 fully saturated rings. The summed E-state index contributed by atoms with van der Waals surface area (Å²) in [7, 11) is 0. The number of benzene rings is 3. The Balaban J connectivity index is 0.00000274. The fraction of sp³-hybridized carbons (Fsp3) is 0.222. The van der Waals surface area contributed by atoms with E-state index >= 15 is 0 Å². The van der Waals surface area contributed by atoms with Crippen LogP contribution in [0.15, 0.2) is 88.5 Å². The zero-order chi connectivity index (χ0) is 22.5. The van der Waals surface area contributed by atoms with Crippen LogP contribution >= 0.6 is 12.4 Å². The van der Waals surface area contributed by atoms with Gasteiger partial charge in [0.2, 0.25) is 11.7 Å². The normalized spacial score (nSPS) is 15.7. The van der Waals surface area contributed by atoms with Crippen molar-refractivity contribution < 1.29 is 9.36 Å². The summed E-state index contributed by atoms with van der Waals surface area (Å²) in [5, 5.41) is 11.8. The average Bonchev–Trinajstić information content (AvgIpc) is 3.58. The molecule has 2 heterocycles. The van der Waals surface area contributed by atoms with E-state index in [1.807, 2.05) is 49.4 Å². The van der Waals surface area contributed by atoms with Crippen LogP contribution in [0.5, 0.6) is 0 Å². The lowest BCUT2D eigenvalue weighted by atomic mass is 10.0. The molecule has 0 unspecified atom stereocenters. The van der Waals surface area contributed by atoms with Crippen LogP contribution in [0.25, 0.3) is 22.5 Å². The number of halogens is 1. The Labute approximate surface area is 205 Å². The first-order valence-corrected chi connectivity index (χ1v) is 11.2. The molecule has 1 aliphatic rings. The van der Waals surface area contributed by atoms with Gasteiger partial charge in [0, 0.05) is 12.1 Å². The van der Waals surface area contributed by atoms with Gasteiger partial charge in [0.15, 0.2) is 0 Å². The second-order valence-corrected chi connectivity index (χ2v) is 8.24. The molecule has 4 aromatic rings. The molecule has 6 nitrogen and oxygen atoms in total. The molecule has 7 heteroatoms. The fourth-order valence-corrected chi connectivity index (χ4v) is 3.92. The fourth-order valence-electron chi connectivity index (χ4n) is 3.92. The molecule has 0 amide bonds. The van der Waals surface area contributed by atoms with Crippen molar-refractivity contribution in [3.05, 3.63) is 95.9 Å². The van der Waals surface area contributed by atoms with Crippen LogP contribution in [0.1, 0.15) is 36.3 Å². The molecule has 5 rings (SSSR count). The number of oxime groups is 1. The Hall–Kier alpha value is -3.48. The highest BCUT2D eigenvalue weighted by Gasteiger charge is 2.23. The molecule has 0 saturated carbocycles. The number of hydrogen-bond acceptors (Lipinski definition) is 6. The summed E-state index contributed by atoms with van der Waals surface area (Å²) in [4.78, 5) is 10.2. The number of hydrogen-bond donors (Lipinski definition) is 1. The van der Waals surface area contributed by atoms with E-state index in [-0.39, 0.29) is 12.4 Å². The van der Waals surface area contributed by atoms with Gasteiger partial charge in [0.05, 0.1) is 11.6 Å². The van der Waals surface area contributed by atoms with Crippen LogP contribution < -0.4 is 5.32 Å². The van der Waals surface area contributed by atoms with Gasteiger partial charge in [-0.05, 0) is 42.1 Å². The quantitative estimate of drug-likeness (QED) is 0.269. The molecular weight excluding hydrogens is 448 g/mol. The Morgan fingerprint density at radius 3 is 2.38 bits per heavy atom. The first-order chi connectivity index (χ1) is 16.3. The van der Waals surface area contributed by atoms with Gasteiger partial charge in [0.25, 0.3) is 0 Å². The predicted octanol–water partition coefficient (Wildman–Crippen LogP) is 5.84. The first kappa shape index (κ1) is 23.7. The van der Waals surface area contributed by atoms with E-state index in [2.05, 4.69) is 57.0 Å². The Morgan fingerprint density at radius 2 is 1.68 bits per heavy atom. The third kappa shape index (κ3) is 5.53. The predicted molar refractivity (Wildman–Crippen MR) is 136 cm³/mol. The maximum atomic E-state index is 5.60. The molecule has 1 aromatic heterocycles. The minimum absolute atomic E-state index is 0. The van der Waals surface area contributed by atoms with Gasteiger partial charge < -0.3 is 14.7 Å². The Bertz CT molecular complexity index is 1220. The van der Waals surface area contributed by atoms with E-state index in [1.165, 1.54) is 11.1 Å². The van der Waals surface area contributed by atoms with Crippen LogP contribution in [-0.2, 0) is 11.4 Å². The molecule has 1 saturated heterocycles. The van der Waals surface area contributed by atoms with Crippen LogP contribution in [0.3, 0.4) is 0 Å². The summed E-state index contributed by atoms with van der Waals surface area (Å²) in [6.45, 7) is 4.25. The third-order valence-corrected chi connectivity index (χ3v) is 5.91. The van der Waals surface area contributed by atoms with Gasteiger partial charge in [-0.1, -0.05) is 89.2 Å². The van der Waals surface area contributed by atoms with Gasteiger partial charge in [0.1, 0.15) is 6.61 Å². The molecule has 3 aromatic carbocycles. The molecule has 1 atom stereocenters. The molecule has 0 spiro atoms. The lowest BCUT2D eigenvalue weighted by Gasteiger charge is -2.05. The van der Waals surface area contributed by atoms with Crippen molar-refractivity contribution in [2.75, 3.05) is 13.1 Å². The van der Waals surface area contributed by atoms with Crippen molar-refractivity contribution in [1.82, 2.24) is 15.5 Å². The van der Waals surface area contributed by atoms with Crippen LogP contribution in [0.2, 0.25) is 0 Å². The number of nitrogens with one attached hydrogen (secondary N) is 1. The van der Waals surface area contributed by atoms with Gasteiger partial charge in [-0.15, -0.1) is 12.4 Å². The lowest BCUT2D eigenvalue weighted by Crippen LogP contribution is -2.08. The smallest absolute Gasteiger partial charge is 0.231 e. The highest BCUT2D eigenvalue weighted by atomic mass is 35.5. The standard InChI is InChI=1S/C27H26N4O2.ClH/c1-19(30-32-18-20-7-9-23(10-8-20)22-5-3-2-4-6-22)21-11-13-24(14-12-21)26-29-27(33-31-26)25-15-16-28-17-25;/h2-14,25,28H,15-18H2,1H3;1H/t25-;/m1./s1. The summed E-state index contributed by atoms with van der Waals surface area (Å²) in [6, 6.07) is 26.7. The molecule has 0 radical (unpaired) electrons. The van der Waals surface area contributed by atoms with Crippen molar-refractivity contribution in [3.63, 3.8) is 0 Å². The highest BCUT2D eigenvalue weighted by Crippen LogP contribution is 2.24. The largest absolute Gasteiger partial charge is 0.391 e. The van der Waals surface area contributed by atoms with Crippen LogP contribution in [0, 0.1) is 0 Å². The van der Waals surface area contributed by atoms with E-state index in [0.717, 1.165) is 41.9 Å². The molecule has 174 valence electrons. The summed E-state index contributed by atoms with van der Waals surface area (Å²) in [6.07, 6.45) is 1.04. The van der Waals surface area contributed by atoms with Crippen molar-refractivity contribution in [2.45, 2.75) is 25.9 Å². The summed E-state index contributed by atoms with van der Waals surface area (Å²) in [5.41, 5.74) is 6.19. The van der Waals surface area contributed by atoms with Crippen molar-refractivity contribution in [1.29, 1.82) is 0 Å². The maximum absolute atomic E-state index is 5.60.